The molecule has 0 radical (unpaired) electrons. The minimum absolute atomic E-state index is 0.0443. The molecule has 0 fully saturated rings. The standard InChI is InChI=1S/C58H37BN2O/c1-34-23-29-55-50(30-34)56-58(62-55)61(37-25-27-47-43-17-6-4-13-39(43)41-15-8-10-19-45(41)49(47)33-37)54-21-11-20-53-57(54)59(56)51-31-35(2)22-28-52(51)60(53)36-24-26-46-42-16-5-3-12-38(42)40-14-7-9-18-44(40)48(46)32-36/h3-33H,1-2H3. The van der Waals surface area contributed by atoms with Crippen LogP contribution >= 0.6 is 0 Å². The minimum atomic E-state index is -0.0443. The Labute approximate surface area is 358 Å². The molecule has 0 saturated carbocycles. The number of benzene rings is 11. The van der Waals surface area contributed by atoms with Crippen molar-refractivity contribution >= 4 is 133 Å². The van der Waals surface area contributed by atoms with Crippen molar-refractivity contribution < 1.29 is 4.42 Å². The minimum Gasteiger partial charge on any atom is -0.440 e. The zero-order valence-electron chi connectivity index (χ0n) is 34.3. The highest BCUT2D eigenvalue weighted by atomic mass is 16.4. The first-order chi connectivity index (χ1) is 30.6. The number of anilines is 6. The maximum atomic E-state index is 7.13. The molecule has 0 bridgehead atoms. The van der Waals surface area contributed by atoms with E-state index in [-0.39, 0.29) is 6.71 Å². The molecule has 4 heteroatoms. The summed E-state index contributed by atoms with van der Waals surface area (Å²) in [6.07, 6.45) is 0. The normalized spacial score (nSPS) is 13.2. The van der Waals surface area contributed by atoms with Gasteiger partial charge in [-0.2, -0.15) is 0 Å². The van der Waals surface area contributed by atoms with E-state index in [0.29, 0.717) is 0 Å². The third kappa shape index (κ3) is 4.51. The first-order valence-corrected chi connectivity index (χ1v) is 21.6. The summed E-state index contributed by atoms with van der Waals surface area (Å²) in [6.45, 7) is 4.36. The van der Waals surface area contributed by atoms with Crippen molar-refractivity contribution in [3.8, 4) is 0 Å². The molecule has 0 atom stereocenters. The van der Waals surface area contributed by atoms with Crippen molar-refractivity contribution in [1.29, 1.82) is 0 Å². The summed E-state index contributed by atoms with van der Waals surface area (Å²) in [5, 5.41) is 16.3. The summed E-state index contributed by atoms with van der Waals surface area (Å²) < 4.78 is 7.13. The van der Waals surface area contributed by atoms with Gasteiger partial charge in [-0.3, -0.25) is 4.90 Å². The van der Waals surface area contributed by atoms with Crippen LogP contribution in [0.2, 0.25) is 0 Å². The van der Waals surface area contributed by atoms with Gasteiger partial charge >= 0.3 is 0 Å². The molecule has 288 valence electrons. The molecule has 11 aromatic carbocycles. The zero-order valence-corrected chi connectivity index (χ0v) is 34.3. The molecule has 14 rings (SSSR count). The monoisotopic (exact) mass is 788 g/mol. The average molecular weight is 789 g/mol. The summed E-state index contributed by atoms with van der Waals surface area (Å²) in [6, 6.07) is 70.0. The number of hydrogen-bond donors (Lipinski definition) is 0. The van der Waals surface area contributed by atoms with E-state index in [4.69, 9.17) is 4.42 Å². The lowest BCUT2D eigenvalue weighted by atomic mass is 9.33. The fourth-order valence-electron chi connectivity index (χ4n) is 11.3. The largest absolute Gasteiger partial charge is 0.440 e. The van der Waals surface area contributed by atoms with Gasteiger partial charge in [-0.1, -0.05) is 145 Å². The lowest BCUT2D eigenvalue weighted by Gasteiger charge is -2.42. The molecule has 3 nitrogen and oxygen atoms in total. The summed E-state index contributed by atoms with van der Waals surface area (Å²) in [5.74, 6) is 0.884. The highest BCUT2D eigenvalue weighted by Crippen LogP contribution is 2.48. The molecule has 12 aromatic rings. The Hall–Kier alpha value is -7.82. The molecular weight excluding hydrogens is 751 g/mol. The third-order valence-corrected chi connectivity index (χ3v) is 13.9. The average Bonchev–Trinajstić information content (AvgIpc) is 3.69. The molecule has 0 amide bonds. The highest BCUT2D eigenvalue weighted by Gasteiger charge is 2.46. The van der Waals surface area contributed by atoms with Crippen LogP contribution < -0.4 is 26.2 Å². The Morgan fingerprint density at radius 2 is 0.790 bits per heavy atom. The molecule has 2 aliphatic heterocycles. The predicted octanol–water partition coefficient (Wildman–Crippen LogP) is 14.1. The molecule has 0 saturated heterocycles. The van der Waals surface area contributed by atoms with Gasteiger partial charge in [0.2, 0.25) is 5.88 Å². The van der Waals surface area contributed by atoms with Crippen LogP contribution in [0.4, 0.5) is 34.3 Å². The summed E-state index contributed by atoms with van der Waals surface area (Å²) in [4.78, 5) is 4.92. The lowest BCUT2D eigenvalue weighted by Crippen LogP contribution is -2.61. The van der Waals surface area contributed by atoms with Crippen LogP contribution in [0.15, 0.2) is 192 Å². The highest BCUT2D eigenvalue weighted by molar-refractivity contribution is 7.01. The van der Waals surface area contributed by atoms with Crippen molar-refractivity contribution in [2.45, 2.75) is 13.8 Å². The van der Waals surface area contributed by atoms with Gasteiger partial charge in [0.1, 0.15) is 5.58 Å². The Morgan fingerprint density at radius 3 is 1.34 bits per heavy atom. The van der Waals surface area contributed by atoms with E-state index in [1.807, 2.05) is 0 Å². The van der Waals surface area contributed by atoms with Crippen molar-refractivity contribution in [2.75, 3.05) is 9.80 Å². The van der Waals surface area contributed by atoms with Gasteiger partial charge in [0, 0.05) is 39.3 Å². The van der Waals surface area contributed by atoms with Gasteiger partial charge in [0.05, 0.1) is 0 Å². The number of fused-ring (bicyclic) bond motifs is 18. The SMILES string of the molecule is Cc1ccc2c(c1)B1c3c(cccc3N(c3ccc4c5ccccc5c5ccccc5c4c3)c3oc4ccc(C)cc4c31)N2c1ccc2c3ccccc3c3ccccc3c2c1. The van der Waals surface area contributed by atoms with E-state index in [9.17, 15) is 0 Å². The van der Waals surface area contributed by atoms with Gasteiger partial charge in [0.15, 0.2) is 0 Å². The van der Waals surface area contributed by atoms with Gasteiger partial charge in [-0.15, -0.1) is 0 Å². The first-order valence-electron chi connectivity index (χ1n) is 21.6. The summed E-state index contributed by atoms with van der Waals surface area (Å²) >= 11 is 0. The van der Waals surface area contributed by atoms with Crippen LogP contribution in [-0.4, -0.2) is 6.71 Å². The smallest absolute Gasteiger partial charge is 0.257 e. The molecule has 0 aliphatic carbocycles. The first kappa shape index (κ1) is 34.0. The van der Waals surface area contributed by atoms with E-state index < -0.39 is 0 Å². The Morgan fingerprint density at radius 1 is 0.339 bits per heavy atom. The van der Waals surface area contributed by atoms with Crippen LogP contribution in [-0.2, 0) is 0 Å². The lowest BCUT2D eigenvalue weighted by molar-refractivity contribution is 0.622. The van der Waals surface area contributed by atoms with Crippen LogP contribution in [0.3, 0.4) is 0 Å². The Balaban J connectivity index is 1.07. The maximum Gasteiger partial charge on any atom is 0.257 e. The maximum absolute atomic E-state index is 7.13. The molecule has 0 N–H and O–H groups in total. The summed E-state index contributed by atoms with van der Waals surface area (Å²) in [5.41, 5.74) is 12.9. The molecule has 62 heavy (non-hydrogen) atoms. The van der Waals surface area contributed by atoms with E-state index in [2.05, 4.69) is 212 Å². The molecule has 2 aliphatic rings. The van der Waals surface area contributed by atoms with Gasteiger partial charge in [-0.05, 0) is 144 Å². The van der Waals surface area contributed by atoms with E-state index in [1.54, 1.807) is 0 Å². The quantitative estimate of drug-likeness (QED) is 0.128. The number of furan rings is 1. The predicted molar refractivity (Wildman–Crippen MR) is 265 cm³/mol. The van der Waals surface area contributed by atoms with E-state index in [1.165, 1.54) is 104 Å². The Kier molecular flexibility index (Phi) is 6.78. The van der Waals surface area contributed by atoms with Crippen molar-refractivity contribution in [3.05, 3.63) is 199 Å². The van der Waals surface area contributed by atoms with Gasteiger partial charge in [-0.25, -0.2) is 0 Å². The molecular formula is C58H37BN2O. The van der Waals surface area contributed by atoms with Gasteiger partial charge < -0.3 is 9.32 Å². The molecule has 0 unspecified atom stereocenters. The number of hydrogen-bond acceptors (Lipinski definition) is 3. The molecule has 1 aromatic heterocycles. The Bertz CT molecular complexity index is 3870. The van der Waals surface area contributed by atoms with Crippen LogP contribution in [0.5, 0.6) is 0 Å². The fraction of sp³-hybridized carbons (Fsp3) is 0.0345. The second kappa shape index (κ2) is 12.4. The molecule has 3 heterocycles. The van der Waals surface area contributed by atoms with Crippen molar-refractivity contribution in [3.63, 3.8) is 0 Å². The third-order valence-electron chi connectivity index (χ3n) is 13.9. The number of rotatable bonds is 2. The van der Waals surface area contributed by atoms with Crippen LogP contribution in [0, 0.1) is 13.8 Å². The van der Waals surface area contributed by atoms with E-state index in [0.717, 1.165) is 33.9 Å². The second-order valence-electron chi connectivity index (χ2n) is 17.3. The topological polar surface area (TPSA) is 19.6 Å². The fourth-order valence-corrected chi connectivity index (χ4v) is 11.3. The number of nitrogens with zero attached hydrogens (tertiary/aromatic N) is 2. The van der Waals surface area contributed by atoms with Crippen LogP contribution in [0.25, 0.3) is 75.6 Å². The second-order valence-corrected chi connectivity index (χ2v) is 17.3. The summed E-state index contributed by atoms with van der Waals surface area (Å²) in [7, 11) is 0. The van der Waals surface area contributed by atoms with Gasteiger partial charge in [0.25, 0.3) is 6.71 Å². The number of aryl methyl sites for hydroxylation is 2. The van der Waals surface area contributed by atoms with Crippen molar-refractivity contribution in [2.24, 2.45) is 0 Å². The molecule has 0 spiro atoms. The van der Waals surface area contributed by atoms with Crippen molar-refractivity contribution in [1.82, 2.24) is 0 Å². The van der Waals surface area contributed by atoms with E-state index >= 15 is 0 Å². The zero-order chi connectivity index (χ0) is 40.8. The van der Waals surface area contributed by atoms with Crippen LogP contribution in [0.1, 0.15) is 11.1 Å².